The fourth-order valence-electron chi connectivity index (χ4n) is 1.32. The van der Waals surface area contributed by atoms with E-state index in [4.69, 9.17) is 9.47 Å². The molecule has 0 bridgehead atoms. The predicted molar refractivity (Wildman–Crippen MR) is 58.3 cm³/mol. The zero-order chi connectivity index (χ0) is 11.3. The molecular weight excluding hydrogens is 192 g/mol. The van der Waals surface area contributed by atoms with Crippen LogP contribution in [0.4, 0.5) is 0 Å². The van der Waals surface area contributed by atoms with Crippen molar-refractivity contribution in [2.24, 2.45) is 0 Å². The molecule has 15 heavy (non-hydrogen) atoms. The maximum Gasteiger partial charge on any atom is 0.333 e. The predicted octanol–water partition coefficient (Wildman–Crippen LogP) is 2.58. The topological polar surface area (TPSA) is 35.5 Å². The van der Waals surface area contributed by atoms with Gasteiger partial charge in [-0.05, 0) is 20.3 Å². The van der Waals surface area contributed by atoms with Crippen LogP contribution in [0.2, 0.25) is 0 Å². The second kappa shape index (κ2) is 5.71. The third-order valence-corrected chi connectivity index (χ3v) is 2.00. The Kier molecular flexibility index (Phi) is 4.56. The van der Waals surface area contributed by atoms with E-state index in [-0.39, 0.29) is 5.97 Å². The highest BCUT2D eigenvalue weighted by atomic mass is 16.7. The van der Waals surface area contributed by atoms with Gasteiger partial charge in [-0.25, -0.2) is 4.79 Å². The molecule has 0 saturated carbocycles. The van der Waals surface area contributed by atoms with Crippen molar-refractivity contribution >= 4 is 5.97 Å². The van der Waals surface area contributed by atoms with Crippen LogP contribution in [0.5, 0.6) is 0 Å². The molecule has 0 aliphatic carbocycles. The van der Waals surface area contributed by atoms with Gasteiger partial charge >= 0.3 is 5.97 Å². The number of unbranched alkanes of at least 4 members (excludes halogenated alkanes) is 1. The molecule has 1 unspecified atom stereocenters. The van der Waals surface area contributed by atoms with E-state index in [1.165, 1.54) is 6.08 Å². The molecule has 1 atom stereocenters. The summed E-state index contributed by atoms with van der Waals surface area (Å²) >= 11 is 0. The molecular formula is C12H18O3. The van der Waals surface area contributed by atoms with Crippen molar-refractivity contribution in [1.82, 2.24) is 0 Å². The first-order chi connectivity index (χ1) is 7.13. The molecule has 0 fully saturated rings. The van der Waals surface area contributed by atoms with E-state index in [0.29, 0.717) is 6.61 Å². The van der Waals surface area contributed by atoms with Gasteiger partial charge in [0.15, 0.2) is 0 Å². The molecule has 0 spiro atoms. The minimum atomic E-state index is -0.501. The van der Waals surface area contributed by atoms with E-state index >= 15 is 0 Å². The molecule has 0 amide bonds. The summed E-state index contributed by atoms with van der Waals surface area (Å²) in [4.78, 5) is 11.1. The van der Waals surface area contributed by atoms with Gasteiger partial charge < -0.3 is 9.47 Å². The van der Waals surface area contributed by atoms with Gasteiger partial charge in [-0.2, -0.15) is 0 Å². The number of hydrogen-bond donors (Lipinski definition) is 0. The summed E-state index contributed by atoms with van der Waals surface area (Å²) in [6.07, 6.45) is 4.96. The van der Waals surface area contributed by atoms with Crippen molar-refractivity contribution in [2.45, 2.75) is 39.9 Å². The second-order valence-electron chi connectivity index (χ2n) is 3.86. The SMILES string of the molecule is CCCCOC1OC(=O)C=C1C=C(C)C. The smallest absolute Gasteiger partial charge is 0.333 e. The number of rotatable bonds is 5. The molecule has 0 saturated heterocycles. The maximum absolute atomic E-state index is 11.1. The fourth-order valence-corrected chi connectivity index (χ4v) is 1.32. The average Bonchev–Trinajstić information content (AvgIpc) is 2.46. The molecule has 0 aromatic carbocycles. The highest BCUT2D eigenvalue weighted by Crippen LogP contribution is 2.19. The summed E-state index contributed by atoms with van der Waals surface area (Å²) in [5.41, 5.74) is 1.94. The minimum absolute atomic E-state index is 0.316. The lowest BCUT2D eigenvalue weighted by Gasteiger charge is -2.13. The van der Waals surface area contributed by atoms with Crippen molar-refractivity contribution < 1.29 is 14.3 Å². The number of carbonyl (C=O) groups is 1. The van der Waals surface area contributed by atoms with Crippen LogP contribution in [0.15, 0.2) is 23.3 Å². The van der Waals surface area contributed by atoms with E-state index in [1.807, 2.05) is 19.9 Å². The lowest BCUT2D eigenvalue weighted by Crippen LogP contribution is -2.16. The summed E-state index contributed by atoms with van der Waals surface area (Å²) < 4.78 is 10.5. The summed E-state index contributed by atoms with van der Waals surface area (Å²) in [5, 5.41) is 0. The summed E-state index contributed by atoms with van der Waals surface area (Å²) in [5.74, 6) is -0.316. The van der Waals surface area contributed by atoms with Crippen LogP contribution in [0, 0.1) is 0 Å². The molecule has 0 aromatic rings. The molecule has 84 valence electrons. The Bertz CT molecular complexity index is 285. The van der Waals surface area contributed by atoms with Gasteiger partial charge in [0.25, 0.3) is 0 Å². The Morgan fingerprint density at radius 1 is 1.60 bits per heavy atom. The standard InChI is InChI=1S/C12H18O3/c1-4-5-6-14-12-10(7-9(2)3)8-11(13)15-12/h7-8,12H,4-6H2,1-3H3. The van der Waals surface area contributed by atoms with Crippen LogP contribution in [0.25, 0.3) is 0 Å². The van der Waals surface area contributed by atoms with Gasteiger partial charge in [0, 0.05) is 11.6 Å². The zero-order valence-electron chi connectivity index (χ0n) is 9.58. The van der Waals surface area contributed by atoms with E-state index in [1.54, 1.807) is 0 Å². The minimum Gasteiger partial charge on any atom is -0.428 e. The lowest BCUT2D eigenvalue weighted by molar-refractivity contribution is -0.159. The lowest BCUT2D eigenvalue weighted by atomic mass is 10.2. The molecule has 0 aromatic heterocycles. The van der Waals surface area contributed by atoms with Gasteiger partial charge in [0.05, 0.1) is 6.61 Å². The van der Waals surface area contributed by atoms with Gasteiger partial charge in [-0.3, -0.25) is 0 Å². The molecule has 1 aliphatic rings. The van der Waals surface area contributed by atoms with E-state index in [0.717, 1.165) is 24.0 Å². The van der Waals surface area contributed by atoms with Crippen molar-refractivity contribution in [2.75, 3.05) is 6.61 Å². The molecule has 3 heteroatoms. The molecule has 1 aliphatic heterocycles. The molecule has 0 N–H and O–H groups in total. The quantitative estimate of drug-likeness (QED) is 0.517. The second-order valence-corrected chi connectivity index (χ2v) is 3.86. The van der Waals surface area contributed by atoms with Crippen molar-refractivity contribution in [3.05, 3.63) is 23.3 Å². The first-order valence-corrected chi connectivity index (χ1v) is 5.32. The Labute approximate surface area is 90.8 Å². The first kappa shape index (κ1) is 12.0. The maximum atomic E-state index is 11.1. The van der Waals surface area contributed by atoms with Gasteiger partial charge in [-0.15, -0.1) is 0 Å². The Morgan fingerprint density at radius 3 is 2.93 bits per heavy atom. The number of allylic oxidation sites excluding steroid dienone is 1. The highest BCUT2D eigenvalue weighted by molar-refractivity contribution is 5.86. The van der Waals surface area contributed by atoms with Gasteiger partial charge in [0.2, 0.25) is 6.29 Å². The molecule has 1 rings (SSSR count). The Balaban J connectivity index is 2.54. The first-order valence-electron chi connectivity index (χ1n) is 5.32. The molecule has 0 radical (unpaired) electrons. The van der Waals surface area contributed by atoms with Crippen molar-refractivity contribution in [3.8, 4) is 0 Å². The zero-order valence-corrected chi connectivity index (χ0v) is 9.58. The highest BCUT2D eigenvalue weighted by Gasteiger charge is 2.24. The van der Waals surface area contributed by atoms with Crippen LogP contribution >= 0.6 is 0 Å². The number of ether oxygens (including phenoxy) is 2. The van der Waals surface area contributed by atoms with Crippen LogP contribution in [-0.4, -0.2) is 18.9 Å². The average molecular weight is 210 g/mol. The summed E-state index contributed by atoms with van der Waals surface area (Å²) in [6.45, 7) is 6.68. The Hall–Kier alpha value is -1.09. The third-order valence-electron chi connectivity index (χ3n) is 2.00. The monoisotopic (exact) mass is 210 g/mol. The number of esters is 1. The van der Waals surface area contributed by atoms with E-state index in [2.05, 4.69) is 6.92 Å². The van der Waals surface area contributed by atoms with Crippen molar-refractivity contribution in [1.29, 1.82) is 0 Å². The van der Waals surface area contributed by atoms with E-state index in [9.17, 15) is 4.79 Å². The van der Waals surface area contributed by atoms with Gasteiger partial charge in [0.1, 0.15) is 0 Å². The summed E-state index contributed by atoms with van der Waals surface area (Å²) in [6, 6.07) is 0. The number of hydrogen-bond acceptors (Lipinski definition) is 3. The van der Waals surface area contributed by atoms with E-state index < -0.39 is 6.29 Å². The molecule has 3 nitrogen and oxygen atoms in total. The number of cyclic esters (lactones) is 1. The number of carbonyl (C=O) groups excluding carboxylic acids is 1. The van der Waals surface area contributed by atoms with Crippen LogP contribution in [0.1, 0.15) is 33.6 Å². The van der Waals surface area contributed by atoms with Crippen LogP contribution < -0.4 is 0 Å². The third kappa shape index (κ3) is 3.88. The largest absolute Gasteiger partial charge is 0.428 e. The summed E-state index contributed by atoms with van der Waals surface area (Å²) in [7, 11) is 0. The van der Waals surface area contributed by atoms with Crippen molar-refractivity contribution in [3.63, 3.8) is 0 Å². The van der Waals surface area contributed by atoms with Crippen LogP contribution in [-0.2, 0) is 14.3 Å². The fraction of sp³-hybridized carbons (Fsp3) is 0.583. The van der Waals surface area contributed by atoms with Crippen LogP contribution in [0.3, 0.4) is 0 Å². The normalized spacial score (nSPS) is 19.8. The van der Waals surface area contributed by atoms with Gasteiger partial charge in [-0.1, -0.05) is 25.0 Å². The Morgan fingerprint density at radius 2 is 2.33 bits per heavy atom. The molecule has 1 heterocycles.